The third-order valence-electron chi connectivity index (χ3n) is 2.48. The number of carbonyl (C=O) groups is 1. The summed E-state index contributed by atoms with van der Waals surface area (Å²) in [6, 6.07) is 4.74. The Hall–Kier alpha value is -1.62. The van der Waals surface area contributed by atoms with E-state index in [0.717, 1.165) is 6.54 Å². The zero-order chi connectivity index (χ0) is 15.2. The summed E-state index contributed by atoms with van der Waals surface area (Å²) in [4.78, 5) is 11.7. The van der Waals surface area contributed by atoms with Crippen LogP contribution in [0.1, 0.15) is 33.3 Å². The van der Waals surface area contributed by atoms with Gasteiger partial charge < -0.3 is 15.4 Å². The number of nitrogens with one attached hydrogen (secondary N) is 2. The zero-order valence-electron chi connectivity index (χ0n) is 12.5. The molecular formula is C15H23FN2O2. The van der Waals surface area contributed by atoms with Gasteiger partial charge in [0.05, 0.1) is 0 Å². The normalized spacial score (nSPS) is 11.2. The summed E-state index contributed by atoms with van der Waals surface area (Å²) in [5.41, 5.74) is 0.373. The summed E-state index contributed by atoms with van der Waals surface area (Å²) in [6.45, 7) is 8.69. The van der Waals surface area contributed by atoms with Gasteiger partial charge in [0.2, 0.25) is 0 Å². The van der Waals surface area contributed by atoms with Crippen molar-refractivity contribution in [2.24, 2.45) is 0 Å². The molecule has 2 N–H and O–H groups in total. The molecule has 1 aromatic carbocycles. The van der Waals surface area contributed by atoms with Gasteiger partial charge in [-0.2, -0.15) is 0 Å². The fourth-order valence-corrected chi connectivity index (χ4v) is 1.71. The van der Waals surface area contributed by atoms with Crippen molar-refractivity contribution in [3.05, 3.63) is 29.6 Å². The van der Waals surface area contributed by atoms with E-state index in [-0.39, 0.29) is 23.8 Å². The summed E-state index contributed by atoms with van der Waals surface area (Å²) in [7, 11) is 0. The van der Waals surface area contributed by atoms with Gasteiger partial charge in [-0.15, -0.1) is 0 Å². The molecule has 0 aliphatic carbocycles. The van der Waals surface area contributed by atoms with Gasteiger partial charge >= 0.3 is 0 Å². The number of ether oxygens (including phenoxy) is 1. The van der Waals surface area contributed by atoms with Crippen molar-refractivity contribution in [1.29, 1.82) is 0 Å². The summed E-state index contributed by atoms with van der Waals surface area (Å²) < 4.78 is 19.1. The molecule has 0 aromatic heterocycles. The van der Waals surface area contributed by atoms with Crippen molar-refractivity contribution in [1.82, 2.24) is 10.6 Å². The van der Waals surface area contributed by atoms with Crippen LogP contribution in [-0.2, 0) is 11.3 Å². The second-order valence-corrected chi connectivity index (χ2v) is 5.60. The van der Waals surface area contributed by atoms with Crippen molar-refractivity contribution < 1.29 is 13.9 Å². The fraction of sp³-hybridized carbons (Fsp3) is 0.533. The molecule has 1 amide bonds. The van der Waals surface area contributed by atoms with Crippen molar-refractivity contribution in [2.75, 3.05) is 13.2 Å². The molecule has 0 aliphatic rings. The molecule has 0 fully saturated rings. The van der Waals surface area contributed by atoms with Crippen LogP contribution < -0.4 is 15.4 Å². The molecule has 0 radical (unpaired) electrons. The van der Waals surface area contributed by atoms with E-state index in [1.165, 1.54) is 6.07 Å². The molecule has 1 aromatic rings. The first-order valence-electron chi connectivity index (χ1n) is 6.75. The maximum absolute atomic E-state index is 13.8. The minimum Gasteiger partial charge on any atom is -0.480 e. The number of halogens is 1. The Morgan fingerprint density at radius 3 is 2.65 bits per heavy atom. The summed E-state index contributed by atoms with van der Waals surface area (Å²) in [6.07, 6.45) is 0. The molecule has 20 heavy (non-hydrogen) atoms. The topological polar surface area (TPSA) is 50.4 Å². The molecule has 0 atom stereocenters. The summed E-state index contributed by atoms with van der Waals surface area (Å²) >= 11 is 0. The maximum atomic E-state index is 13.8. The predicted octanol–water partition coefficient (Wildman–Crippen LogP) is 2.23. The van der Waals surface area contributed by atoms with Gasteiger partial charge in [0.15, 0.2) is 18.2 Å². The Morgan fingerprint density at radius 1 is 1.35 bits per heavy atom. The van der Waals surface area contributed by atoms with Gasteiger partial charge in [-0.25, -0.2) is 4.39 Å². The zero-order valence-corrected chi connectivity index (χ0v) is 12.5. The van der Waals surface area contributed by atoms with Gasteiger partial charge in [0.1, 0.15) is 0 Å². The highest BCUT2D eigenvalue weighted by atomic mass is 19.1. The molecule has 112 valence electrons. The Kier molecular flexibility index (Phi) is 5.95. The number of amides is 1. The fourth-order valence-electron chi connectivity index (χ4n) is 1.71. The minimum atomic E-state index is -0.455. The molecule has 0 unspecified atom stereocenters. The highest BCUT2D eigenvalue weighted by Crippen LogP contribution is 2.22. The van der Waals surface area contributed by atoms with Crippen LogP contribution in [0.2, 0.25) is 0 Å². The van der Waals surface area contributed by atoms with Crippen LogP contribution in [0.5, 0.6) is 5.75 Å². The van der Waals surface area contributed by atoms with Gasteiger partial charge in [0, 0.05) is 17.6 Å². The Bertz CT molecular complexity index is 456. The first-order chi connectivity index (χ1) is 9.33. The van der Waals surface area contributed by atoms with Gasteiger partial charge in [-0.05, 0) is 33.4 Å². The lowest BCUT2D eigenvalue weighted by Crippen LogP contribution is -2.43. The molecule has 4 nitrogen and oxygen atoms in total. The van der Waals surface area contributed by atoms with Gasteiger partial charge in [-0.1, -0.05) is 19.1 Å². The molecule has 5 heteroatoms. The Labute approximate surface area is 119 Å². The van der Waals surface area contributed by atoms with E-state index in [9.17, 15) is 9.18 Å². The van der Waals surface area contributed by atoms with E-state index < -0.39 is 5.82 Å². The predicted molar refractivity (Wildman–Crippen MR) is 77.2 cm³/mol. The standard InChI is InChI=1S/C15H23FN2O2/c1-5-17-9-11-7-6-8-12(16)14(11)20-10-13(19)18-15(2,3)4/h6-8,17H,5,9-10H2,1-4H3,(H,18,19). The van der Waals surface area contributed by atoms with Crippen molar-refractivity contribution >= 4 is 5.91 Å². The summed E-state index contributed by atoms with van der Waals surface area (Å²) in [5.74, 6) is -0.586. The van der Waals surface area contributed by atoms with Crippen LogP contribution in [0.15, 0.2) is 18.2 Å². The lowest BCUT2D eigenvalue weighted by Gasteiger charge is -2.21. The van der Waals surface area contributed by atoms with E-state index in [4.69, 9.17) is 4.74 Å². The largest absolute Gasteiger partial charge is 0.480 e. The Morgan fingerprint density at radius 2 is 2.05 bits per heavy atom. The third kappa shape index (κ3) is 5.57. The van der Waals surface area contributed by atoms with E-state index in [1.54, 1.807) is 12.1 Å². The highest BCUT2D eigenvalue weighted by molar-refractivity contribution is 5.78. The quantitative estimate of drug-likeness (QED) is 0.841. The average Bonchev–Trinajstić information content (AvgIpc) is 2.33. The molecule has 0 heterocycles. The number of benzene rings is 1. The lowest BCUT2D eigenvalue weighted by atomic mass is 10.1. The van der Waals surface area contributed by atoms with Crippen LogP contribution in [0, 0.1) is 5.82 Å². The number of hydrogen-bond acceptors (Lipinski definition) is 3. The van der Waals surface area contributed by atoms with E-state index in [0.29, 0.717) is 12.1 Å². The molecule has 0 spiro atoms. The molecule has 0 saturated carbocycles. The van der Waals surface area contributed by atoms with Crippen LogP contribution in [0.3, 0.4) is 0 Å². The van der Waals surface area contributed by atoms with Crippen LogP contribution in [-0.4, -0.2) is 24.6 Å². The van der Waals surface area contributed by atoms with E-state index in [1.807, 2.05) is 27.7 Å². The molecular weight excluding hydrogens is 259 g/mol. The van der Waals surface area contributed by atoms with Crippen molar-refractivity contribution in [2.45, 2.75) is 39.8 Å². The molecule has 0 saturated heterocycles. The lowest BCUT2D eigenvalue weighted by molar-refractivity contribution is -0.124. The SMILES string of the molecule is CCNCc1cccc(F)c1OCC(=O)NC(C)(C)C. The molecule has 0 aliphatic heterocycles. The number of carbonyl (C=O) groups excluding carboxylic acids is 1. The first kappa shape index (κ1) is 16.4. The Balaban J connectivity index is 2.69. The van der Waals surface area contributed by atoms with Crippen molar-refractivity contribution in [3.63, 3.8) is 0 Å². The monoisotopic (exact) mass is 282 g/mol. The molecule has 1 rings (SSSR count). The van der Waals surface area contributed by atoms with E-state index in [2.05, 4.69) is 10.6 Å². The maximum Gasteiger partial charge on any atom is 0.258 e. The summed E-state index contributed by atoms with van der Waals surface area (Å²) in [5, 5.41) is 5.88. The second-order valence-electron chi connectivity index (χ2n) is 5.60. The highest BCUT2D eigenvalue weighted by Gasteiger charge is 2.16. The van der Waals surface area contributed by atoms with E-state index >= 15 is 0 Å². The minimum absolute atomic E-state index is 0.137. The van der Waals surface area contributed by atoms with Gasteiger partial charge in [-0.3, -0.25) is 4.79 Å². The number of hydrogen-bond donors (Lipinski definition) is 2. The molecule has 0 bridgehead atoms. The third-order valence-corrected chi connectivity index (χ3v) is 2.48. The van der Waals surface area contributed by atoms with Crippen LogP contribution >= 0.6 is 0 Å². The van der Waals surface area contributed by atoms with Crippen molar-refractivity contribution in [3.8, 4) is 5.75 Å². The van der Waals surface area contributed by atoms with Gasteiger partial charge in [0.25, 0.3) is 5.91 Å². The number of rotatable bonds is 6. The van der Waals surface area contributed by atoms with Crippen LogP contribution in [0.25, 0.3) is 0 Å². The average molecular weight is 282 g/mol. The number of para-hydroxylation sites is 1. The second kappa shape index (κ2) is 7.24. The first-order valence-corrected chi connectivity index (χ1v) is 6.75. The smallest absolute Gasteiger partial charge is 0.258 e. The van der Waals surface area contributed by atoms with Crippen LogP contribution in [0.4, 0.5) is 4.39 Å².